The van der Waals surface area contributed by atoms with Crippen molar-refractivity contribution in [1.82, 2.24) is 29.8 Å². The maximum Gasteiger partial charge on any atom is 0.275 e. The summed E-state index contributed by atoms with van der Waals surface area (Å²) in [5.74, 6) is -0.893. The van der Waals surface area contributed by atoms with Crippen molar-refractivity contribution in [3.63, 3.8) is 0 Å². The predicted molar refractivity (Wildman–Crippen MR) is 120 cm³/mol. The molecule has 0 unspecified atom stereocenters. The molecule has 2 amide bonds. The molecular weight excluding hydrogens is 423 g/mol. The number of benzene rings is 1. The lowest BCUT2D eigenvalue weighted by Crippen LogP contribution is -2.63. The number of amides is 2. The number of hydrogen-bond donors (Lipinski definition) is 1. The van der Waals surface area contributed by atoms with Crippen LogP contribution in [0.1, 0.15) is 24.3 Å². The van der Waals surface area contributed by atoms with E-state index in [0.717, 1.165) is 16.7 Å². The van der Waals surface area contributed by atoms with E-state index in [-0.39, 0.29) is 23.3 Å². The Morgan fingerprint density at radius 1 is 1.15 bits per heavy atom. The Kier molecular flexibility index (Phi) is 4.88. The fraction of sp³-hybridized carbons (Fsp3) is 0.208. The summed E-state index contributed by atoms with van der Waals surface area (Å²) >= 11 is 0. The zero-order valence-corrected chi connectivity index (χ0v) is 18.1. The van der Waals surface area contributed by atoms with Gasteiger partial charge in [0.25, 0.3) is 5.91 Å². The number of halogens is 1. The number of carbonyl (C=O) groups is 2. The zero-order valence-electron chi connectivity index (χ0n) is 18.1. The number of hydrogen-bond acceptors (Lipinski definition) is 5. The fourth-order valence-electron chi connectivity index (χ4n) is 3.97. The number of piperazine rings is 1. The third-order valence-electron chi connectivity index (χ3n) is 5.85. The molecule has 4 aromatic rings. The van der Waals surface area contributed by atoms with Crippen molar-refractivity contribution in [3.8, 4) is 22.4 Å². The van der Waals surface area contributed by atoms with Crippen LogP contribution in [0.4, 0.5) is 4.39 Å². The average Bonchev–Trinajstić information content (AvgIpc) is 3.25. The van der Waals surface area contributed by atoms with Crippen molar-refractivity contribution in [3.05, 3.63) is 72.6 Å². The molecule has 1 aliphatic rings. The third kappa shape index (κ3) is 3.61. The lowest BCUT2D eigenvalue weighted by Gasteiger charge is -2.40. The van der Waals surface area contributed by atoms with Crippen molar-refractivity contribution in [2.45, 2.75) is 19.4 Å². The molecule has 166 valence electrons. The van der Waals surface area contributed by atoms with Crippen molar-refractivity contribution in [2.75, 3.05) is 13.1 Å². The summed E-state index contributed by atoms with van der Waals surface area (Å²) in [4.78, 5) is 36.0. The second kappa shape index (κ2) is 7.77. The molecule has 1 N–H and O–H groups in total. The molecule has 0 saturated carbocycles. The van der Waals surface area contributed by atoms with Crippen LogP contribution in [-0.2, 0) is 4.79 Å². The standard InChI is InChI=1S/C24H21FN6O2/c1-24(2)23(33)27-10-11-30(24)22(32)20-14-31-21(28-20)18(16-4-3-9-26-13-16)12-19(29-31)15-5-7-17(25)8-6-15/h3-9,12-14H,10-11H2,1-2H3,(H,27,33). The molecule has 9 heteroatoms. The number of nitrogens with zero attached hydrogens (tertiary/aromatic N) is 5. The number of aromatic nitrogens is 4. The van der Waals surface area contributed by atoms with Gasteiger partial charge < -0.3 is 10.2 Å². The second-order valence-electron chi connectivity index (χ2n) is 8.36. The number of fused-ring (bicyclic) bond motifs is 1. The van der Waals surface area contributed by atoms with Gasteiger partial charge in [-0.1, -0.05) is 6.07 Å². The Morgan fingerprint density at radius 2 is 1.94 bits per heavy atom. The highest BCUT2D eigenvalue weighted by molar-refractivity contribution is 5.99. The minimum absolute atomic E-state index is 0.187. The number of carbonyl (C=O) groups excluding carboxylic acids is 2. The maximum absolute atomic E-state index is 13.4. The van der Waals surface area contributed by atoms with Gasteiger partial charge in [0.1, 0.15) is 17.1 Å². The van der Waals surface area contributed by atoms with Crippen LogP contribution in [0.5, 0.6) is 0 Å². The Morgan fingerprint density at radius 3 is 2.67 bits per heavy atom. The van der Waals surface area contributed by atoms with Gasteiger partial charge in [-0.05, 0) is 50.2 Å². The molecule has 1 aromatic carbocycles. The van der Waals surface area contributed by atoms with Gasteiger partial charge >= 0.3 is 0 Å². The van der Waals surface area contributed by atoms with E-state index in [1.54, 1.807) is 49.1 Å². The van der Waals surface area contributed by atoms with E-state index < -0.39 is 5.54 Å². The molecule has 0 spiro atoms. The Hall–Kier alpha value is -4.14. The van der Waals surface area contributed by atoms with Crippen molar-refractivity contribution in [2.24, 2.45) is 0 Å². The molecule has 8 nitrogen and oxygen atoms in total. The van der Waals surface area contributed by atoms with Crippen LogP contribution in [0.3, 0.4) is 0 Å². The summed E-state index contributed by atoms with van der Waals surface area (Å²) in [7, 11) is 0. The van der Waals surface area contributed by atoms with Gasteiger partial charge in [-0.2, -0.15) is 5.10 Å². The summed E-state index contributed by atoms with van der Waals surface area (Å²) in [5.41, 5.74) is 2.52. The monoisotopic (exact) mass is 444 g/mol. The Balaban J connectivity index is 1.65. The predicted octanol–water partition coefficient (Wildman–Crippen LogP) is 2.95. The zero-order chi connectivity index (χ0) is 23.2. The second-order valence-corrected chi connectivity index (χ2v) is 8.36. The molecule has 0 aliphatic carbocycles. The number of rotatable bonds is 3. The lowest BCUT2D eigenvalue weighted by molar-refractivity contribution is -0.133. The van der Waals surface area contributed by atoms with Crippen LogP contribution < -0.4 is 5.32 Å². The van der Waals surface area contributed by atoms with Crippen molar-refractivity contribution >= 4 is 17.5 Å². The van der Waals surface area contributed by atoms with Crippen LogP contribution in [0, 0.1) is 5.82 Å². The van der Waals surface area contributed by atoms with Gasteiger partial charge in [-0.3, -0.25) is 14.6 Å². The first-order valence-corrected chi connectivity index (χ1v) is 10.5. The fourth-order valence-corrected chi connectivity index (χ4v) is 3.97. The first-order chi connectivity index (χ1) is 15.8. The third-order valence-corrected chi connectivity index (χ3v) is 5.85. The molecular formula is C24H21FN6O2. The summed E-state index contributed by atoms with van der Waals surface area (Å²) in [6, 6.07) is 11.6. The summed E-state index contributed by atoms with van der Waals surface area (Å²) in [5, 5.41) is 7.41. The Bertz CT molecular complexity index is 1370. The molecule has 1 aliphatic heterocycles. The van der Waals surface area contributed by atoms with E-state index in [4.69, 9.17) is 0 Å². The van der Waals surface area contributed by atoms with Crippen molar-refractivity contribution in [1.29, 1.82) is 0 Å². The van der Waals surface area contributed by atoms with Crippen molar-refractivity contribution < 1.29 is 14.0 Å². The molecule has 0 bridgehead atoms. The largest absolute Gasteiger partial charge is 0.352 e. The van der Waals surface area contributed by atoms with Gasteiger partial charge in [0.15, 0.2) is 5.65 Å². The summed E-state index contributed by atoms with van der Waals surface area (Å²) < 4.78 is 15.0. The first kappa shape index (κ1) is 20.7. The summed E-state index contributed by atoms with van der Waals surface area (Å²) in [6.45, 7) is 4.19. The molecule has 33 heavy (non-hydrogen) atoms. The van der Waals surface area contributed by atoms with E-state index in [1.165, 1.54) is 17.0 Å². The highest BCUT2D eigenvalue weighted by atomic mass is 19.1. The van der Waals surface area contributed by atoms with E-state index >= 15 is 0 Å². The van der Waals surface area contributed by atoms with E-state index in [9.17, 15) is 14.0 Å². The van der Waals surface area contributed by atoms with E-state index in [1.807, 2.05) is 18.2 Å². The highest BCUT2D eigenvalue weighted by Crippen LogP contribution is 2.29. The SMILES string of the molecule is CC1(C)C(=O)NCCN1C(=O)c1cn2nc(-c3ccc(F)cc3)cc(-c3cccnc3)c2n1. The van der Waals surface area contributed by atoms with Gasteiger partial charge in [-0.15, -0.1) is 0 Å². The molecule has 3 aromatic heterocycles. The van der Waals surface area contributed by atoms with Gasteiger partial charge in [-0.25, -0.2) is 13.9 Å². The highest BCUT2D eigenvalue weighted by Gasteiger charge is 2.41. The Labute approximate surface area is 189 Å². The molecule has 0 atom stereocenters. The number of nitrogens with one attached hydrogen (secondary N) is 1. The average molecular weight is 444 g/mol. The smallest absolute Gasteiger partial charge is 0.275 e. The van der Waals surface area contributed by atoms with Crippen LogP contribution in [0.15, 0.2) is 61.1 Å². The number of pyridine rings is 1. The minimum Gasteiger partial charge on any atom is -0.352 e. The minimum atomic E-state index is -0.996. The molecule has 5 rings (SSSR count). The topological polar surface area (TPSA) is 92.5 Å². The molecule has 1 fully saturated rings. The quantitative estimate of drug-likeness (QED) is 0.525. The van der Waals surface area contributed by atoms with E-state index in [2.05, 4.69) is 20.4 Å². The normalized spacial score (nSPS) is 15.5. The summed E-state index contributed by atoms with van der Waals surface area (Å²) in [6.07, 6.45) is 4.94. The number of imidazole rings is 1. The van der Waals surface area contributed by atoms with Crippen LogP contribution >= 0.6 is 0 Å². The van der Waals surface area contributed by atoms with E-state index in [0.29, 0.717) is 24.4 Å². The molecule has 0 radical (unpaired) electrons. The van der Waals surface area contributed by atoms with Gasteiger partial charge in [0.2, 0.25) is 5.91 Å². The molecule has 1 saturated heterocycles. The first-order valence-electron chi connectivity index (χ1n) is 10.5. The van der Waals surface area contributed by atoms with Gasteiger partial charge in [0, 0.05) is 42.2 Å². The van der Waals surface area contributed by atoms with Crippen LogP contribution in [0.2, 0.25) is 0 Å². The van der Waals surface area contributed by atoms with Crippen LogP contribution in [0.25, 0.3) is 28.0 Å². The van der Waals surface area contributed by atoms with Crippen LogP contribution in [-0.4, -0.2) is 54.9 Å². The molecule has 4 heterocycles. The maximum atomic E-state index is 13.4. The lowest BCUT2D eigenvalue weighted by atomic mass is 9.98. The van der Waals surface area contributed by atoms with Gasteiger partial charge in [0.05, 0.1) is 11.9 Å².